The highest BCUT2D eigenvalue weighted by Gasteiger charge is 2.36. The van der Waals surface area contributed by atoms with Gasteiger partial charge in [-0.25, -0.2) is 15.0 Å². The maximum atomic E-state index is 13.5. The lowest BCUT2D eigenvalue weighted by Crippen LogP contribution is -2.44. The normalized spacial score (nSPS) is 17.6. The molecule has 0 spiro atoms. The summed E-state index contributed by atoms with van der Waals surface area (Å²) in [5, 5.41) is 7.21. The number of rotatable bonds is 8. The lowest BCUT2D eigenvalue weighted by molar-refractivity contribution is -0.137. The molecule has 5 rings (SSSR count). The van der Waals surface area contributed by atoms with Gasteiger partial charge in [-0.3, -0.25) is 9.63 Å². The van der Waals surface area contributed by atoms with Crippen LogP contribution in [0.2, 0.25) is 5.02 Å². The van der Waals surface area contributed by atoms with E-state index in [2.05, 4.69) is 44.0 Å². The number of halogens is 4. The van der Waals surface area contributed by atoms with Gasteiger partial charge in [0.05, 0.1) is 47.4 Å². The average molecular weight is 618 g/mol. The van der Waals surface area contributed by atoms with E-state index in [1.807, 2.05) is 6.07 Å². The van der Waals surface area contributed by atoms with Gasteiger partial charge in [-0.15, -0.1) is 0 Å². The summed E-state index contributed by atoms with van der Waals surface area (Å²) in [5.74, 6) is 0.875. The lowest BCUT2D eigenvalue weighted by atomic mass is 10.0. The van der Waals surface area contributed by atoms with E-state index in [4.69, 9.17) is 21.2 Å². The van der Waals surface area contributed by atoms with Gasteiger partial charge in [0.15, 0.2) is 5.82 Å². The van der Waals surface area contributed by atoms with E-state index in [9.17, 15) is 18.0 Å². The highest BCUT2D eigenvalue weighted by Crippen LogP contribution is 2.41. The highest BCUT2D eigenvalue weighted by atomic mass is 35.5. The molecule has 0 aliphatic carbocycles. The number of methoxy groups -OCH3 is 1. The fraction of sp³-hybridized carbons (Fsp3) is 0.345. The van der Waals surface area contributed by atoms with Gasteiger partial charge in [0.25, 0.3) is 0 Å². The van der Waals surface area contributed by atoms with Crippen LogP contribution in [-0.4, -0.2) is 67.7 Å². The summed E-state index contributed by atoms with van der Waals surface area (Å²) in [6, 6.07) is 8.54. The number of likely N-dealkylation sites (N-methyl/N-ethyl adjacent to an activating group) is 1. The quantitative estimate of drug-likeness (QED) is 0.311. The summed E-state index contributed by atoms with van der Waals surface area (Å²) in [7, 11) is 3.61. The number of nitrogens with zero attached hydrogens (tertiary/aromatic N) is 5. The Hall–Kier alpha value is -4.07. The van der Waals surface area contributed by atoms with Crippen molar-refractivity contribution in [2.45, 2.75) is 18.6 Å². The first-order chi connectivity index (χ1) is 20.6. The van der Waals surface area contributed by atoms with Crippen LogP contribution in [0.25, 0.3) is 0 Å². The molecule has 0 saturated carbocycles. The number of hydrogen-bond donors (Lipinski definition) is 2. The molecule has 2 N–H and O–H groups in total. The maximum absolute atomic E-state index is 13.5. The van der Waals surface area contributed by atoms with E-state index in [0.29, 0.717) is 40.7 Å². The topological polar surface area (TPSA) is 95.1 Å². The molecule has 2 aliphatic heterocycles. The second-order valence-corrected chi connectivity index (χ2v) is 10.5. The van der Waals surface area contributed by atoms with Crippen molar-refractivity contribution < 1.29 is 27.5 Å². The molecule has 0 radical (unpaired) electrons. The molecule has 3 aromatic rings. The van der Waals surface area contributed by atoms with Crippen molar-refractivity contribution in [3.05, 3.63) is 71.5 Å². The summed E-state index contributed by atoms with van der Waals surface area (Å²) in [5.41, 5.74) is 1.39. The molecular weight excluding hydrogens is 587 g/mol. The van der Waals surface area contributed by atoms with Crippen LogP contribution in [0, 0.1) is 0 Å². The molecule has 10 nitrogen and oxygen atoms in total. The Balaban J connectivity index is 1.44. The SMILES string of the molecule is C=CC(=O)Nc1cc(Nc2cc(N3OCC[C@@H]3c3ccc(Cl)c(C(F)(F)F)c3)ncn2)c(OC)cc1N1CCN(C)CC1. The Bertz CT molecular complexity index is 1500. The van der Waals surface area contributed by atoms with E-state index >= 15 is 0 Å². The Kier molecular flexibility index (Phi) is 8.95. The van der Waals surface area contributed by atoms with Gasteiger partial charge in [0, 0.05) is 44.7 Å². The minimum Gasteiger partial charge on any atom is -0.494 e. The monoisotopic (exact) mass is 617 g/mol. The van der Waals surface area contributed by atoms with Crippen LogP contribution in [0.3, 0.4) is 0 Å². The standard InChI is InChI=1S/C29H31ClF3N7O3/c1-4-28(41)37-21-14-22(25(42-3)15-24(21)39-10-8-38(2)9-11-39)36-26-16-27(35-17-34-26)40-23(7-12-43-40)18-5-6-20(30)19(13-18)29(31,32)33/h4-6,13-17,23H,1,7-12H2,2-3H3,(H,37,41)(H,34,35,36)/t23-/m1/s1. The molecule has 2 aromatic carbocycles. The number of benzene rings is 2. The van der Waals surface area contributed by atoms with Gasteiger partial charge in [-0.2, -0.15) is 13.2 Å². The predicted octanol–water partition coefficient (Wildman–Crippen LogP) is 5.66. The summed E-state index contributed by atoms with van der Waals surface area (Å²) in [6.45, 7) is 7.13. The molecule has 1 aromatic heterocycles. The van der Waals surface area contributed by atoms with Crippen molar-refractivity contribution in [3.63, 3.8) is 0 Å². The Morgan fingerprint density at radius 1 is 1.14 bits per heavy atom. The van der Waals surface area contributed by atoms with Crippen LogP contribution in [0.4, 0.5) is 41.9 Å². The number of carbonyl (C=O) groups is 1. The number of carbonyl (C=O) groups excluding carboxylic acids is 1. The number of amides is 1. The molecule has 2 aliphatic rings. The number of hydroxylamine groups is 1. The van der Waals surface area contributed by atoms with Crippen molar-refractivity contribution in [1.29, 1.82) is 0 Å². The third kappa shape index (κ3) is 6.79. The first-order valence-corrected chi connectivity index (χ1v) is 13.9. The smallest absolute Gasteiger partial charge is 0.417 e. The van der Waals surface area contributed by atoms with Crippen LogP contribution in [0.5, 0.6) is 5.75 Å². The lowest BCUT2D eigenvalue weighted by Gasteiger charge is -2.35. The molecule has 228 valence electrons. The van der Waals surface area contributed by atoms with E-state index < -0.39 is 17.8 Å². The van der Waals surface area contributed by atoms with Gasteiger partial charge in [0.2, 0.25) is 5.91 Å². The fourth-order valence-corrected chi connectivity index (χ4v) is 5.29. The number of piperazine rings is 1. The number of hydrogen-bond acceptors (Lipinski definition) is 9. The molecule has 2 fully saturated rings. The van der Waals surface area contributed by atoms with Gasteiger partial charge in [-0.1, -0.05) is 24.2 Å². The van der Waals surface area contributed by atoms with Crippen LogP contribution in [0.1, 0.15) is 23.6 Å². The molecular formula is C29H31ClF3N7O3. The zero-order chi connectivity index (χ0) is 30.7. The molecule has 14 heteroatoms. The second-order valence-electron chi connectivity index (χ2n) is 10.1. The van der Waals surface area contributed by atoms with Gasteiger partial charge < -0.3 is 25.2 Å². The molecule has 0 unspecified atom stereocenters. The van der Waals surface area contributed by atoms with Crippen molar-refractivity contribution in [3.8, 4) is 5.75 Å². The van der Waals surface area contributed by atoms with Gasteiger partial charge >= 0.3 is 6.18 Å². The summed E-state index contributed by atoms with van der Waals surface area (Å²) in [4.78, 5) is 31.1. The molecule has 43 heavy (non-hydrogen) atoms. The third-order valence-corrected chi connectivity index (χ3v) is 7.66. The van der Waals surface area contributed by atoms with Gasteiger partial charge in [0.1, 0.15) is 17.9 Å². The molecule has 3 heterocycles. The van der Waals surface area contributed by atoms with E-state index in [-0.39, 0.29) is 17.5 Å². The molecule has 1 amide bonds. The number of aromatic nitrogens is 2. The number of nitrogens with one attached hydrogen (secondary N) is 2. The summed E-state index contributed by atoms with van der Waals surface area (Å²) < 4.78 is 46.3. The number of alkyl halides is 3. The van der Waals surface area contributed by atoms with Crippen molar-refractivity contribution >= 4 is 46.2 Å². The number of ether oxygens (including phenoxy) is 1. The third-order valence-electron chi connectivity index (χ3n) is 7.33. The number of anilines is 5. The summed E-state index contributed by atoms with van der Waals surface area (Å²) in [6.07, 6.45) is -1.62. The van der Waals surface area contributed by atoms with Crippen molar-refractivity contribution in [1.82, 2.24) is 14.9 Å². The minimum absolute atomic E-state index is 0.287. The second kappa shape index (κ2) is 12.7. The molecule has 2 saturated heterocycles. The largest absolute Gasteiger partial charge is 0.494 e. The Morgan fingerprint density at radius 2 is 1.91 bits per heavy atom. The van der Waals surface area contributed by atoms with Crippen molar-refractivity contribution in [2.24, 2.45) is 0 Å². The molecule has 1 atom stereocenters. The van der Waals surface area contributed by atoms with E-state index in [1.165, 1.54) is 23.5 Å². The summed E-state index contributed by atoms with van der Waals surface area (Å²) >= 11 is 5.83. The zero-order valence-corrected chi connectivity index (χ0v) is 24.4. The van der Waals surface area contributed by atoms with Gasteiger partial charge in [-0.05, 0) is 36.9 Å². The minimum atomic E-state index is -4.59. The predicted molar refractivity (Wildman–Crippen MR) is 159 cm³/mol. The maximum Gasteiger partial charge on any atom is 0.417 e. The van der Waals surface area contributed by atoms with E-state index in [0.717, 1.165) is 37.9 Å². The Labute approximate surface area is 252 Å². The van der Waals surface area contributed by atoms with E-state index in [1.54, 1.807) is 25.3 Å². The average Bonchev–Trinajstić information content (AvgIpc) is 3.48. The van der Waals surface area contributed by atoms with Crippen LogP contribution in [0.15, 0.2) is 55.4 Å². The highest BCUT2D eigenvalue weighted by molar-refractivity contribution is 6.31. The van der Waals surface area contributed by atoms with Crippen LogP contribution >= 0.6 is 11.6 Å². The molecule has 0 bridgehead atoms. The van der Waals surface area contributed by atoms with Crippen LogP contribution < -0.4 is 25.3 Å². The van der Waals surface area contributed by atoms with Crippen LogP contribution in [-0.2, 0) is 15.8 Å². The zero-order valence-electron chi connectivity index (χ0n) is 23.6. The first kappa shape index (κ1) is 30.4. The fourth-order valence-electron chi connectivity index (χ4n) is 5.07. The Morgan fingerprint density at radius 3 is 2.60 bits per heavy atom. The first-order valence-electron chi connectivity index (χ1n) is 13.5. The van der Waals surface area contributed by atoms with Crippen molar-refractivity contribution in [2.75, 3.05) is 67.5 Å².